The van der Waals surface area contributed by atoms with E-state index in [-0.39, 0.29) is 13.2 Å². The van der Waals surface area contributed by atoms with Gasteiger partial charge in [0.2, 0.25) is 0 Å². The molecule has 2 heterocycles. The van der Waals surface area contributed by atoms with Gasteiger partial charge in [-0.05, 0) is 33.6 Å². The second-order valence-corrected chi connectivity index (χ2v) is 8.64. The average molecular weight is 570 g/mol. The van der Waals surface area contributed by atoms with Crippen molar-refractivity contribution in [3.05, 3.63) is 55.3 Å². The lowest BCUT2D eigenvalue weighted by atomic mass is 10.1. The van der Waals surface area contributed by atoms with Gasteiger partial charge in [-0.15, -0.1) is 0 Å². The van der Waals surface area contributed by atoms with Gasteiger partial charge in [-0.2, -0.15) is 9.78 Å². The Morgan fingerprint density at radius 2 is 1.72 bits per heavy atom. The fourth-order valence-corrected chi connectivity index (χ4v) is 4.24. The minimum absolute atomic E-state index is 0.113. The maximum atomic E-state index is 13.3. The van der Waals surface area contributed by atoms with Crippen molar-refractivity contribution in [3.63, 3.8) is 0 Å². The van der Waals surface area contributed by atoms with E-state index < -0.39 is 53.7 Å². The zero-order valence-corrected chi connectivity index (χ0v) is 21.4. The smallest absolute Gasteiger partial charge is 0.350 e. The first kappa shape index (κ1) is 27.1. The summed E-state index contributed by atoms with van der Waals surface area (Å²) < 4.78 is 29.0. The van der Waals surface area contributed by atoms with E-state index in [4.69, 9.17) is 23.7 Å². The van der Waals surface area contributed by atoms with Crippen LogP contribution in [-0.4, -0.2) is 64.3 Å². The Kier molecular flexibility index (Phi) is 8.63. The first-order valence-corrected chi connectivity index (χ1v) is 11.5. The van der Waals surface area contributed by atoms with E-state index in [0.717, 1.165) is 29.3 Å². The first-order valence-electron chi connectivity index (χ1n) is 10.7. The van der Waals surface area contributed by atoms with Crippen molar-refractivity contribution in [2.45, 2.75) is 51.9 Å². The molecule has 1 aliphatic rings. The SMILES string of the molecule is COc1ccc(Cn2c(=O)cnn([C@H]3O[C@@H](COC(C)=O)[C@@H](OC(C)=O)[C@@H]3OC(C)=O)c2=O)cc1Br. The molecule has 0 amide bonds. The summed E-state index contributed by atoms with van der Waals surface area (Å²) in [5.74, 6) is -1.52. The number of nitrogens with zero attached hydrogens (tertiary/aromatic N) is 3. The van der Waals surface area contributed by atoms with Crippen LogP contribution in [0.4, 0.5) is 0 Å². The molecule has 0 unspecified atom stereocenters. The van der Waals surface area contributed by atoms with Crippen LogP contribution in [0.3, 0.4) is 0 Å². The van der Waals surface area contributed by atoms with Crippen molar-refractivity contribution in [1.29, 1.82) is 0 Å². The first-order chi connectivity index (χ1) is 17.0. The van der Waals surface area contributed by atoms with Crippen molar-refractivity contribution in [3.8, 4) is 5.75 Å². The summed E-state index contributed by atoms with van der Waals surface area (Å²) in [5, 5.41) is 3.88. The molecule has 36 heavy (non-hydrogen) atoms. The van der Waals surface area contributed by atoms with Gasteiger partial charge in [0.25, 0.3) is 5.56 Å². The maximum Gasteiger partial charge on any atom is 0.350 e. The summed E-state index contributed by atoms with van der Waals surface area (Å²) in [6.07, 6.45) is -4.10. The number of aromatic nitrogens is 3. The van der Waals surface area contributed by atoms with Gasteiger partial charge in [-0.3, -0.25) is 23.7 Å². The highest BCUT2D eigenvalue weighted by atomic mass is 79.9. The minimum atomic E-state index is -1.39. The van der Waals surface area contributed by atoms with Gasteiger partial charge in [-0.25, -0.2) is 4.79 Å². The number of carbonyl (C=O) groups excluding carboxylic acids is 3. The molecule has 4 atom stereocenters. The van der Waals surface area contributed by atoms with Crippen molar-refractivity contribution in [2.75, 3.05) is 13.7 Å². The molecule has 1 aliphatic heterocycles. The molecule has 1 saturated heterocycles. The molecule has 0 saturated carbocycles. The second kappa shape index (κ2) is 11.5. The van der Waals surface area contributed by atoms with Crippen LogP contribution in [0.1, 0.15) is 32.6 Å². The van der Waals surface area contributed by atoms with Crippen LogP contribution in [0.2, 0.25) is 0 Å². The molecule has 3 rings (SSSR count). The fraction of sp³-hybridized carbons (Fsp3) is 0.455. The average Bonchev–Trinajstić information content (AvgIpc) is 3.11. The highest BCUT2D eigenvalue weighted by Gasteiger charge is 2.51. The number of hydrogen-bond donors (Lipinski definition) is 0. The highest BCUT2D eigenvalue weighted by Crippen LogP contribution is 2.33. The predicted octanol–water partition coefficient (Wildman–Crippen LogP) is 0.548. The number of methoxy groups -OCH3 is 1. The van der Waals surface area contributed by atoms with Crippen LogP contribution in [0.5, 0.6) is 5.75 Å². The normalized spacial score (nSPS) is 21.0. The molecule has 13 nitrogen and oxygen atoms in total. The summed E-state index contributed by atoms with van der Waals surface area (Å²) in [5.41, 5.74) is -0.946. The van der Waals surface area contributed by atoms with Gasteiger partial charge in [0.1, 0.15) is 24.7 Å². The molecule has 1 aromatic heterocycles. The van der Waals surface area contributed by atoms with Crippen LogP contribution in [-0.2, 0) is 39.9 Å². The molecule has 0 N–H and O–H groups in total. The third-order valence-electron chi connectivity index (χ3n) is 5.12. The molecule has 1 aromatic carbocycles. The third kappa shape index (κ3) is 6.18. The molecule has 0 bridgehead atoms. The Balaban J connectivity index is 2.02. The van der Waals surface area contributed by atoms with Gasteiger partial charge in [-0.1, -0.05) is 6.07 Å². The largest absolute Gasteiger partial charge is 0.496 e. The summed E-state index contributed by atoms with van der Waals surface area (Å²) in [4.78, 5) is 60.8. The van der Waals surface area contributed by atoms with Crippen LogP contribution in [0.25, 0.3) is 0 Å². The van der Waals surface area contributed by atoms with Crippen LogP contribution in [0, 0.1) is 0 Å². The zero-order valence-electron chi connectivity index (χ0n) is 19.8. The highest BCUT2D eigenvalue weighted by molar-refractivity contribution is 9.10. The van der Waals surface area contributed by atoms with E-state index in [1.54, 1.807) is 18.2 Å². The number of esters is 3. The van der Waals surface area contributed by atoms with E-state index in [2.05, 4.69) is 21.0 Å². The summed E-state index contributed by atoms with van der Waals surface area (Å²) >= 11 is 3.36. The zero-order chi connectivity index (χ0) is 26.6. The van der Waals surface area contributed by atoms with E-state index in [1.807, 2.05) is 0 Å². The van der Waals surface area contributed by atoms with Gasteiger partial charge < -0.3 is 23.7 Å². The number of benzene rings is 1. The number of ether oxygens (including phenoxy) is 5. The Morgan fingerprint density at radius 3 is 2.31 bits per heavy atom. The van der Waals surface area contributed by atoms with Crippen molar-refractivity contribution in [2.24, 2.45) is 0 Å². The van der Waals surface area contributed by atoms with Crippen molar-refractivity contribution in [1.82, 2.24) is 14.3 Å². The van der Waals surface area contributed by atoms with Gasteiger partial charge in [0.15, 0.2) is 18.4 Å². The monoisotopic (exact) mass is 569 g/mol. The van der Waals surface area contributed by atoms with Crippen LogP contribution >= 0.6 is 15.9 Å². The lowest BCUT2D eigenvalue weighted by Gasteiger charge is -2.23. The second-order valence-electron chi connectivity index (χ2n) is 7.78. The van der Waals surface area contributed by atoms with E-state index >= 15 is 0 Å². The minimum Gasteiger partial charge on any atom is -0.496 e. The quantitative estimate of drug-likeness (QED) is 0.323. The standard InChI is InChI=1S/C22H24BrN3O10/c1-11(27)33-10-17-19(34-12(2)28)20(35-13(3)29)21(36-17)26-22(31)25(18(30)8-24-26)9-14-5-6-16(32-4)15(23)7-14/h5-8,17,19-21H,9-10H2,1-4H3/t17-,19+,20-,21-/m0/s1. The summed E-state index contributed by atoms with van der Waals surface area (Å²) in [6.45, 7) is 2.97. The fourth-order valence-electron chi connectivity index (χ4n) is 3.65. The lowest BCUT2D eigenvalue weighted by molar-refractivity contribution is -0.166. The Labute approximate surface area is 213 Å². The molecule has 1 fully saturated rings. The summed E-state index contributed by atoms with van der Waals surface area (Å²) in [7, 11) is 1.50. The van der Waals surface area contributed by atoms with Gasteiger partial charge in [0, 0.05) is 20.8 Å². The topological polar surface area (TPSA) is 154 Å². The van der Waals surface area contributed by atoms with E-state index in [0.29, 0.717) is 15.8 Å². The van der Waals surface area contributed by atoms with E-state index in [1.165, 1.54) is 14.0 Å². The molecular formula is C22H24BrN3O10. The molecule has 2 aromatic rings. The number of carbonyl (C=O) groups is 3. The number of rotatable bonds is 8. The van der Waals surface area contributed by atoms with Gasteiger partial charge >= 0.3 is 23.6 Å². The summed E-state index contributed by atoms with van der Waals surface area (Å²) in [6, 6.07) is 5.04. The van der Waals surface area contributed by atoms with Crippen molar-refractivity contribution >= 4 is 33.8 Å². The molecule has 14 heteroatoms. The molecule has 0 radical (unpaired) electrons. The Morgan fingerprint density at radius 1 is 1.06 bits per heavy atom. The number of halogens is 1. The molecular weight excluding hydrogens is 546 g/mol. The van der Waals surface area contributed by atoms with Crippen LogP contribution < -0.4 is 16.0 Å². The molecule has 0 aliphatic carbocycles. The number of hydrogen-bond acceptors (Lipinski definition) is 11. The predicted molar refractivity (Wildman–Crippen MR) is 124 cm³/mol. The molecule has 0 spiro atoms. The molecule has 194 valence electrons. The lowest BCUT2D eigenvalue weighted by Crippen LogP contribution is -2.46. The van der Waals surface area contributed by atoms with Crippen molar-refractivity contribution < 1.29 is 38.1 Å². The third-order valence-corrected chi connectivity index (χ3v) is 5.74. The Hall–Kier alpha value is -3.52. The van der Waals surface area contributed by atoms with E-state index in [9.17, 15) is 24.0 Å². The van der Waals surface area contributed by atoms with Gasteiger partial charge in [0.05, 0.1) is 18.1 Å². The van der Waals surface area contributed by atoms with Crippen LogP contribution in [0.15, 0.2) is 38.5 Å². The Bertz CT molecular complexity index is 1270. The maximum absolute atomic E-state index is 13.3.